The quantitative estimate of drug-likeness (QED) is 0.614. The maximum atomic E-state index is 12.5. The smallest absolute Gasteiger partial charge is 0.328 e. The van der Waals surface area contributed by atoms with Crippen LogP contribution in [-0.2, 0) is 33.7 Å². The van der Waals surface area contributed by atoms with E-state index in [2.05, 4.69) is 16.5 Å². The van der Waals surface area contributed by atoms with Crippen molar-refractivity contribution in [3.63, 3.8) is 0 Å². The average molecular weight is 401 g/mol. The molecule has 0 saturated heterocycles. The molecule has 0 fully saturated rings. The molecule has 1 atom stereocenters. The monoisotopic (exact) mass is 400 g/mol. The van der Waals surface area contributed by atoms with Crippen molar-refractivity contribution in [3.05, 3.63) is 33.5 Å². The van der Waals surface area contributed by atoms with Crippen LogP contribution in [0.4, 0.5) is 5.00 Å². The Morgan fingerprint density at radius 3 is 2.79 bits per heavy atom. The minimum Gasteiger partial charge on any atom is -0.451 e. The minimum atomic E-state index is -0.960. The van der Waals surface area contributed by atoms with Crippen molar-refractivity contribution in [3.8, 4) is 6.07 Å². The summed E-state index contributed by atoms with van der Waals surface area (Å²) in [5, 5.41) is 17.1. The first-order valence-corrected chi connectivity index (χ1v) is 10.3. The van der Waals surface area contributed by atoms with Gasteiger partial charge in [-0.05, 0) is 58.1 Å². The van der Waals surface area contributed by atoms with Gasteiger partial charge in [0.15, 0.2) is 6.10 Å². The molecule has 0 spiro atoms. The number of hydrogen-bond acceptors (Lipinski definition) is 6. The number of carbonyl (C=O) groups excluding carboxylic acids is 2. The van der Waals surface area contributed by atoms with Crippen LogP contribution in [0.1, 0.15) is 53.6 Å². The molecule has 1 aliphatic rings. The highest BCUT2D eigenvalue weighted by Gasteiger charge is 2.24. The molecule has 148 valence electrons. The van der Waals surface area contributed by atoms with E-state index in [1.165, 1.54) is 23.1 Å². The van der Waals surface area contributed by atoms with Gasteiger partial charge >= 0.3 is 5.97 Å². The molecule has 0 bridgehead atoms. The van der Waals surface area contributed by atoms with Crippen molar-refractivity contribution in [2.24, 2.45) is 0 Å². The van der Waals surface area contributed by atoms with Gasteiger partial charge < -0.3 is 10.1 Å². The molecular weight excluding hydrogens is 376 g/mol. The highest BCUT2D eigenvalue weighted by Crippen LogP contribution is 2.37. The Labute approximate surface area is 168 Å². The molecule has 0 aromatic carbocycles. The highest BCUT2D eigenvalue weighted by molar-refractivity contribution is 7.16. The van der Waals surface area contributed by atoms with Crippen LogP contribution in [0.3, 0.4) is 0 Å². The molecule has 2 heterocycles. The van der Waals surface area contributed by atoms with E-state index >= 15 is 0 Å². The summed E-state index contributed by atoms with van der Waals surface area (Å²) in [6.07, 6.45) is 4.18. The fourth-order valence-corrected chi connectivity index (χ4v) is 4.65. The highest BCUT2D eigenvalue weighted by atomic mass is 32.1. The second-order valence-electron chi connectivity index (χ2n) is 7.09. The number of rotatable bonds is 5. The molecule has 28 heavy (non-hydrogen) atoms. The van der Waals surface area contributed by atoms with Gasteiger partial charge in [-0.15, -0.1) is 11.3 Å². The Balaban J connectivity index is 1.63. The molecule has 1 amide bonds. The van der Waals surface area contributed by atoms with E-state index in [4.69, 9.17) is 4.74 Å². The van der Waals surface area contributed by atoms with E-state index in [0.29, 0.717) is 10.6 Å². The minimum absolute atomic E-state index is 0.0476. The summed E-state index contributed by atoms with van der Waals surface area (Å²) < 4.78 is 6.81. The van der Waals surface area contributed by atoms with Gasteiger partial charge in [-0.1, -0.05) is 6.42 Å². The number of thiophene rings is 1. The van der Waals surface area contributed by atoms with Gasteiger partial charge in [0.2, 0.25) is 0 Å². The number of carbonyl (C=O) groups is 2. The van der Waals surface area contributed by atoms with Gasteiger partial charge in [0.05, 0.1) is 11.3 Å². The van der Waals surface area contributed by atoms with Gasteiger partial charge in [0, 0.05) is 10.6 Å². The van der Waals surface area contributed by atoms with Crippen LogP contribution in [0.5, 0.6) is 0 Å². The molecule has 8 heteroatoms. The fraction of sp³-hybridized carbons (Fsp3) is 0.500. The lowest BCUT2D eigenvalue weighted by Gasteiger charge is -2.13. The molecule has 1 unspecified atom stereocenters. The molecule has 1 aliphatic carbocycles. The summed E-state index contributed by atoms with van der Waals surface area (Å²) >= 11 is 1.46. The second-order valence-corrected chi connectivity index (χ2v) is 8.19. The van der Waals surface area contributed by atoms with E-state index in [1.54, 1.807) is 4.68 Å². The number of aryl methyl sites for hydroxylation is 3. The molecule has 0 saturated carbocycles. The van der Waals surface area contributed by atoms with Gasteiger partial charge in [-0.2, -0.15) is 10.4 Å². The Morgan fingerprint density at radius 1 is 1.36 bits per heavy atom. The van der Waals surface area contributed by atoms with Crippen molar-refractivity contribution in [1.82, 2.24) is 9.78 Å². The van der Waals surface area contributed by atoms with Gasteiger partial charge in [-0.3, -0.25) is 14.3 Å². The van der Waals surface area contributed by atoms with Crippen LogP contribution in [-0.4, -0.2) is 27.8 Å². The van der Waals surface area contributed by atoms with E-state index in [9.17, 15) is 14.9 Å². The van der Waals surface area contributed by atoms with Crippen molar-refractivity contribution in [1.29, 1.82) is 5.26 Å². The summed E-state index contributed by atoms with van der Waals surface area (Å²) in [5.74, 6) is -0.967. The topological polar surface area (TPSA) is 97.0 Å². The summed E-state index contributed by atoms with van der Waals surface area (Å²) in [7, 11) is 0. The molecule has 3 rings (SSSR count). The van der Waals surface area contributed by atoms with Crippen LogP contribution in [0.2, 0.25) is 0 Å². The van der Waals surface area contributed by atoms with E-state index < -0.39 is 18.0 Å². The van der Waals surface area contributed by atoms with Crippen LogP contribution in [0.25, 0.3) is 0 Å². The molecule has 2 aromatic heterocycles. The van der Waals surface area contributed by atoms with Gasteiger partial charge in [-0.25, -0.2) is 0 Å². The maximum absolute atomic E-state index is 12.5. The zero-order chi connectivity index (χ0) is 20.3. The Kier molecular flexibility index (Phi) is 6.15. The third-order valence-corrected chi connectivity index (χ3v) is 6.04. The molecule has 0 aliphatic heterocycles. The van der Waals surface area contributed by atoms with Gasteiger partial charge in [0.25, 0.3) is 5.91 Å². The first-order chi connectivity index (χ1) is 13.4. The Bertz CT molecular complexity index is 938. The number of nitrogens with zero attached hydrogens (tertiary/aromatic N) is 3. The number of esters is 1. The zero-order valence-corrected chi connectivity index (χ0v) is 17.2. The summed E-state index contributed by atoms with van der Waals surface area (Å²) in [4.78, 5) is 25.8. The van der Waals surface area contributed by atoms with Crippen molar-refractivity contribution in [2.75, 3.05) is 5.32 Å². The number of fused-ring (bicyclic) bond motifs is 1. The normalized spacial score (nSPS) is 14.5. The largest absolute Gasteiger partial charge is 0.451 e. The zero-order valence-electron chi connectivity index (χ0n) is 16.4. The average Bonchev–Trinajstić information content (AvgIpc) is 3.02. The first kappa shape index (κ1) is 20.1. The molecule has 0 radical (unpaired) electrons. The molecule has 7 nitrogen and oxygen atoms in total. The number of amides is 1. The third-order valence-electron chi connectivity index (χ3n) is 4.83. The summed E-state index contributed by atoms with van der Waals surface area (Å²) in [6.45, 7) is 5.18. The third kappa shape index (κ3) is 4.42. The molecule has 2 aromatic rings. The van der Waals surface area contributed by atoms with E-state index in [0.717, 1.165) is 49.1 Å². The van der Waals surface area contributed by atoms with Crippen LogP contribution in [0.15, 0.2) is 6.07 Å². The molecule has 1 N–H and O–H groups in total. The number of anilines is 1. The van der Waals surface area contributed by atoms with Crippen LogP contribution >= 0.6 is 11.3 Å². The van der Waals surface area contributed by atoms with Crippen LogP contribution in [0, 0.1) is 25.2 Å². The van der Waals surface area contributed by atoms with Crippen LogP contribution < -0.4 is 5.32 Å². The maximum Gasteiger partial charge on any atom is 0.328 e. The standard InChI is InChI=1S/C20H24N4O3S/c1-12-9-13(2)24(23-12)11-18(25)27-14(3)19(26)22-20-16(10-21)15-7-5-4-6-8-17(15)28-20/h9,14H,4-8,11H2,1-3H3,(H,22,26). The Morgan fingerprint density at radius 2 is 2.11 bits per heavy atom. The summed E-state index contributed by atoms with van der Waals surface area (Å²) in [6, 6.07) is 4.10. The lowest BCUT2D eigenvalue weighted by atomic mass is 10.1. The lowest BCUT2D eigenvalue weighted by molar-refractivity contribution is -0.153. The predicted octanol–water partition coefficient (Wildman–Crippen LogP) is 3.27. The number of nitrogens with one attached hydrogen (secondary N) is 1. The lowest BCUT2D eigenvalue weighted by Crippen LogP contribution is -2.31. The number of aromatic nitrogens is 2. The van der Waals surface area contributed by atoms with E-state index in [1.807, 2.05) is 19.9 Å². The van der Waals surface area contributed by atoms with Crippen molar-refractivity contribution in [2.45, 2.75) is 65.5 Å². The SMILES string of the molecule is Cc1cc(C)n(CC(=O)OC(C)C(=O)Nc2sc3c(c2C#N)CCCCC3)n1. The number of ether oxygens (including phenoxy) is 1. The second kappa shape index (κ2) is 8.57. The van der Waals surface area contributed by atoms with Crippen molar-refractivity contribution >= 4 is 28.2 Å². The van der Waals surface area contributed by atoms with E-state index in [-0.39, 0.29) is 6.54 Å². The van der Waals surface area contributed by atoms with Gasteiger partial charge in [0.1, 0.15) is 17.6 Å². The first-order valence-electron chi connectivity index (χ1n) is 9.45. The number of nitriles is 1. The Hall–Kier alpha value is -2.66. The summed E-state index contributed by atoms with van der Waals surface area (Å²) in [5.41, 5.74) is 3.29. The fourth-order valence-electron chi connectivity index (χ4n) is 3.41. The molecular formula is C20H24N4O3S. The van der Waals surface area contributed by atoms with Crippen molar-refractivity contribution < 1.29 is 14.3 Å². The number of hydrogen-bond donors (Lipinski definition) is 1. The predicted molar refractivity (Wildman–Crippen MR) is 106 cm³/mol.